The summed E-state index contributed by atoms with van der Waals surface area (Å²) in [5, 5.41) is 3.17. The fourth-order valence-corrected chi connectivity index (χ4v) is 2.59. The summed E-state index contributed by atoms with van der Waals surface area (Å²) in [4.78, 5) is 12.3. The molecular formula is C16H24BrNO. The van der Waals surface area contributed by atoms with Crippen LogP contribution in [0.3, 0.4) is 0 Å². The first-order valence-corrected chi connectivity index (χ1v) is 7.94. The van der Waals surface area contributed by atoms with Crippen LogP contribution in [0.25, 0.3) is 0 Å². The van der Waals surface area contributed by atoms with E-state index in [0.717, 1.165) is 34.9 Å². The Balaban J connectivity index is 2.72. The summed E-state index contributed by atoms with van der Waals surface area (Å²) < 4.78 is 0.862. The van der Waals surface area contributed by atoms with Crippen molar-refractivity contribution in [3.63, 3.8) is 0 Å². The van der Waals surface area contributed by atoms with Gasteiger partial charge in [0.15, 0.2) is 0 Å². The van der Waals surface area contributed by atoms with E-state index in [9.17, 15) is 4.79 Å². The summed E-state index contributed by atoms with van der Waals surface area (Å²) in [5.41, 5.74) is 1.84. The van der Waals surface area contributed by atoms with Gasteiger partial charge in [-0.05, 0) is 47.8 Å². The van der Waals surface area contributed by atoms with Crippen molar-refractivity contribution in [1.29, 1.82) is 0 Å². The monoisotopic (exact) mass is 325 g/mol. The van der Waals surface area contributed by atoms with Gasteiger partial charge in [-0.25, -0.2) is 0 Å². The number of carbonyl (C=O) groups is 1. The Morgan fingerprint density at radius 2 is 2.00 bits per heavy atom. The van der Waals surface area contributed by atoms with Crippen LogP contribution in [-0.4, -0.2) is 11.9 Å². The van der Waals surface area contributed by atoms with Crippen LogP contribution in [0.5, 0.6) is 0 Å². The van der Waals surface area contributed by atoms with Crippen LogP contribution >= 0.6 is 15.9 Å². The second-order valence-electron chi connectivity index (χ2n) is 5.08. The summed E-state index contributed by atoms with van der Waals surface area (Å²) in [6, 6.07) is 6.17. The molecule has 1 rings (SSSR count). The molecule has 0 saturated carbocycles. The van der Waals surface area contributed by atoms with Crippen molar-refractivity contribution >= 4 is 21.8 Å². The van der Waals surface area contributed by atoms with Gasteiger partial charge in [-0.15, -0.1) is 0 Å². The summed E-state index contributed by atoms with van der Waals surface area (Å²) in [6.07, 6.45) is 5.56. The van der Waals surface area contributed by atoms with Gasteiger partial charge in [0.2, 0.25) is 0 Å². The third-order valence-electron chi connectivity index (χ3n) is 3.24. The van der Waals surface area contributed by atoms with Crippen molar-refractivity contribution < 1.29 is 4.79 Å². The number of hydrogen-bond donors (Lipinski definition) is 1. The zero-order chi connectivity index (χ0) is 14.3. The van der Waals surface area contributed by atoms with E-state index in [2.05, 4.69) is 35.1 Å². The predicted molar refractivity (Wildman–Crippen MR) is 84.6 cm³/mol. The zero-order valence-electron chi connectivity index (χ0n) is 12.1. The number of rotatable bonds is 7. The Kier molecular flexibility index (Phi) is 7.14. The highest BCUT2D eigenvalue weighted by atomic mass is 79.9. The average Bonchev–Trinajstić information content (AvgIpc) is 2.39. The van der Waals surface area contributed by atoms with Gasteiger partial charge in [-0.1, -0.05) is 44.7 Å². The van der Waals surface area contributed by atoms with E-state index in [1.165, 1.54) is 12.8 Å². The molecule has 2 nitrogen and oxygen atoms in total. The van der Waals surface area contributed by atoms with Gasteiger partial charge in [0, 0.05) is 10.5 Å². The number of amides is 1. The minimum absolute atomic E-state index is 0.0325. The molecule has 1 unspecified atom stereocenters. The lowest BCUT2D eigenvalue weighted by Crippen LogP contribution is -2.35. The second-order valence-corrected chi connectivity index (χ2v) is 5.94. The maximum Gasteiger partial charge on any atom is 0.252 e. The fourth-order valence-electron chi connectivity index (χ4n) is 2.16. The molecule has 1 aromatic carbocycles. The zero-order valence-corrected chi connectivity index (χ0v) is 13.7. The van der Waals surface area contributed by atoms with Crippen LogP contribution in [0.4, 0.5) is 0 Å². The van der Waals surface area contributed by atoms with Gasteiger partial charge in [-0.3, -0.25) is 4.79 Å². The normalized spacial score (nSPS) is 12.2. The molecule has 1 atom stereocenters. The summed E-state index contributed by atoms with van der Waals surface area (Å²) in [7, 11) is 0. The SMILES string of the molecule is CCCCC(CCC)NC(=O)c1cc(C)ccc1Br. The Morgan fingerprint density at radius 3 is 2.63 bits per heavy atom. The van der Waals surface area contributed by atoms with Crippen molar-refractivity contribution in [2.75, 3.05) is 0 Å². The number of nitrogens with one attached hydrogen (secondary N) is 1. The maximum atomic E-state index is 12.3. The van der Waals surface area contributed by atoms with E-state index in [-0.39, 0.29) is 5.91 Å². The molecule has 0 radical (unpaired) electrons. The largest absolute Gasteiger partial charge is 0.349 e. The Bertz CT molecular complexity index is 417. The molecule has 3 heteroatoms. The van der Waals surface area contributed by atoms with Gasteiger partial charge >= 0.3 is 0 Å². The van der Waals surface area contributed by atoms with Crippen LogP contribution in [0.2, 0.25) is 0 Å². The summed E-state index contributed by atoms with van der Waals surface area (Å²) in [5.74, 6) is 0.0325. The molecule has 1 N–H and O–H groups in total. The lowest BCUT2D eigenvalue weighted by Gasteiger charge is -2.18. The van der Waals surface area contributed by atoms with E-state index in [1.54, 1.807) is 0 Å². The minimum Gasteiger partial charge on any atom is -0.349 e. The van der Waals surface area contributed by atoms with E-state index in [1.807, 2.05) is 25.1 Å². The Hall–Kier alpha value is -0.830. The average molecular weight is 326 g/mol. The number of unbranched alkanes of at least 4 members (excludes halogenated alkanes) is 1. The van der Waals surface area contributed by atoms with Crippen molar-refractivity contribution in [1.82, 2.24) is 5.32 Å². The van der Waals surface area contributed by atoms with Crippen molar-refractivity contribution in [3.05, 3.63) is 33.8 Å². The molecule has 0 aliphatic heterocycles. The Morgan fingerprint density at radius 1 is 1.26 bits per heavy atom. The molecule has 0 aliphatic rings. The molecule has 106 valence electrons. The highest BCUT2D eigenvalue weighted by Gasteiger charge is 2.15. The predicted octanol–water partition coefficient (Wildman–Crippen LogP) is 4.85. The third kappa shape index (κ3) is 5.35. The van der Waals surface area contributed by atoms with E-state index in [4.69, 9.17) is 0 Å². The quantitative estimate of drug-likeness (QED) is 0.763. The molecule has 0 heterocycles. The minimum atomic E-state index is 0.0325. The summed E-state index contributed by atoms with van der Waals surface area (Å²) >= 11 is 3.45. The first kappa shape index (κ1) is 16.2. The van der Waals surface area contributed by atoms with Crippen LogP contribution < -0.4 is 5.32 Å². The van der Waals surface area contributed by atoms with Crippen LogP contribution in [-0.2, 0) is 0 Å². The van der Waals surface area contributed by atoms with Gasteiger partial charge < -0.3 is 5.32 Å². The van der Waals surface area contributed by atoms with Crippen LogP contribution in [0.15, 0.2) is 22.7 Å². The van der Waals surface area contributed by atoms with Crippen molar-refractivity contribution in [3.8, 4) is 0 Å². The first-order chi connectivity index (χ1) is 9.08. The highest BCUT2D eigenvalue weighted by molar-refractivity contribution is 9.10. The van der Waals surface area contributed by atoms with E-state index < -0.39 is 0 Å². The lowest BCUT2D eigenvalue weighted by atomic mass is 10.0. The number of hydrogen-bond acceptors (Lipinski definition) is 1. The third-order valence-corrected chi connectivity index (χ3v) is 3.94. The highest BCUT2D eigenvalue weighted by Crippen LogP contribution is 2.19. The molecule has 0 spiro atoms. The van der Waals surface area contributed by atoms with Gasteiger partial charge in [0.25, 0.3) is 5.91 Å². The lowest BCUT2D eigenvalue weighted by molar-refractivity contribution is 0.0931. The fraction of sp³-hybridized carbons (Fsp3) is 0.562. The van der Waals surface area contributed by atoms with E-state index in [0.29, 0.717) is 6.04 Å². The van der Waals surface area contributed by atoms with Crippen LogP contribution in [0, 0.1) is 6.92 Å². The van der Waals surface area contributed by atoms with Gasteiger partial charge in [-0.2, -0.15) is 0 Å². The van der Waals surface area contributed by atoms with Crippen molar-refractivity contribution in [2.24, 2.45) is 0 Å². The number of halogens is 1. The first-order valence-electron chi connectivity index (χ1n) is 7.15. The van der Waals surface area contributed by atoms with E-state index >= 15 is 0 Å². The van der Waals surface area contributed by atoms with Crippen molar-refractivity contribution in [2.45, 2.75) is 58.9 Å². The summed E-state index contributed by atoms with van der Waals surface area (Å²) in [6.45, 7) is 6.35. The molecule has 0 aromatic heterocycles. The smallest absolute Gasteiger partial charge is 0.252 e. The Labute approximate surface area is 125 Å². The molecule has 0 bridgehead atoms. The molecular weight excluding hydrogens is 302 g/mol. The second kappa shape index (κ2) is 8.36. The molecule has 1 aromatic rings. The molecule has 0 fully saturated rings. The topological polar surface area (TPSA) is 29.1 Å². The maximum absolute atomic E-state index is 12.3. The molecule has 19 heavy (non-hydrogen) atoms. The number of aryl methyl sites for hydroxylation is 1. The molecule has 0 aliphatic carbocycles. The number of benzene rings is 1. The molecule has 1 amide bonds. The standard InChI is InChI=1S/C16H24BrNO/c1-4-6-8-13(7-5-2)18-16(19)14-11-12(3)9-10-15(14)17/h9-11,13H,4-8H2,1-3H3,(H,18,19). The molecule has 0 saturated heterocycles. The van der Waals surface area contributed by atoms with Crippen LogP contribution in [0.1, 0.15) is 61.9 Å². The number of carbonyl (C=O) groups excluding carboxylic acids is 1. The van der Waals surface area contributed by atoms with Gasteiger partial charge in [0.1, 0.15) is 0 Å². The van der Waals surface area contributed by atoms with Gasteiger partial charge in [0.05, 0.1) is 5.56 Å².